The topological polar surface area (TPSA) is 108 Å². The van der Waals surface area contributed by atoms with E-state index in [0.29, 0.717) is 25.8 Å². The zero-order valence-corrected chi connectivity index (χ0v) is 14.3. The van der Waals surface area contributed by atoms with E-state index in [2.05, 4.69) is 5.32 Å². The molecule has 1 aromatic carbocycles. The smallest absolute Gasteiger partial charge is 0.522 e. The lowest BCUT2D eigenvalue weighted by Gasteiger charge is -2.40. The van der Waals surface area contributed by atoms with Crippen molar-refractivity contribution in [3.63, 3.8) is 0 Å². The number of nitrogens with zero attached hydrogens (tertiary/aromatic N) is 1. The number of likely N-dealkylation sites (tertiary alicyclic amines) is 1. The first-order valence-electron chi connectivity index (χ1n) is 8.95. The van der Waals surface area contributed by atoms with Gasteiger partial charge in [0.1, 0.15) is 23.2 Å². The Hall–Kier alpha value is -2.26. The summed E-state index contributed by atoms with van der Waals surface area (Å²) in [4.78, 5) is 25.7. The Morgan fingerprint density at radius 2 is 2.15 bits per heavy atom. The van der Waals surface area contributed by atoms with E-state index in [9.17, 15) is 19.7 Å². The molecule has 4 rings (SSSR count). The third-order valence-electron chi connectivity index (χ3n) is 5.14. The molecule has 8 nitrogen and oxygen atoms in total. The summed E-state index contributed by atoms with van der Waals surface area (Å²) in [5, 5.41) is 22.4. The molecule has 0 saturated carbocycles. The third kappa shape index (κ3) is 3.12. The van der Waals surface area contributed by atoms with Crippen LogP contribution in [0.2, 0.25) is 6.32 Å². The van der Waals surface area contributed by atoms with Crippen molar-refractivity contribution in [3.8, 4) is 11.5 Å². The summed E-state index contributed by atoms with van der Waals surface area (Å²) in [6.07, 6.45) is 2.60. The van der Waals surface area contributed by atoms with Gasteiger partial charge in [-0.15, -0.1) is 0 Å². The van der Waals surface area contributed by atoms with Gasteiger partial charge in [0.05, 0.1) is 19.1 Å². The molecule has 0 aliphatic carbocycles. The zero-order chi connectivity index (χ0) is 18.3. The second kappa shape index (κ2) is 6.81. The Labute approximate surface area is 151 Å². The minimum atomic E-state index is -1.16. The van der Waals surface area contributed by atoms with Crippen LogP contribution in [0.15, 0.2) is 12.1 Å². The zero-order valence-electron chi connectivity index (χ0n) is 14.3. The van der Waals surface area contributed by atoms with Gasteiger partial charge in [0.15, 0.2) is 0 Å². The van der Waals surface area contributed by atoms with Crippen LogP contribution in [0.3, 0.4) is 0 Å². The van der Waals surface area contributed by atoms with E-state index in [1.807, 2.05) is 0 Å². The quantitative estimate of drug-likeness (QED) is 0.656. The fourth-order valence-electron chi connectivity index (χ4n) is 3.70. The van der Waals surface area contributed by atoms with Crippen LogP contribution in [0.1, 0.15) is 28.8 Å². The predicted molar refractivity (Wildman–Crippen MR) is 92.5 cm³/mol. The molecule has 3 aliphatic heterocycles. The number of benzene rings is 1. The fourth-order valence-corrected chi connectivity index (χ4v) is 3.70. The Bertz CT molecular complexity index is 730. The fraction of sp³-hybridized carbons (Fsp3) is 0.529. The van der Waals surface area contributed by atoms with E-state index in [0.717, 1.165) is 24.9 Å². The maximum atomic E-state index is 12.3. The Balaban J connectivity index is 1.45. The molecule has 138 valence electrons. The summed E-state index contributed by atoms with van der Waals surface area (Å²) in [7, 11) is -1.01. The summed E-state index contributed by atoms with van der Waals surface area (Å²) < 4.78 is 11.2. The standard InChI is InChI=1S/C17H21BN2O6/c21-16(12-2-1-7-19-12)20-8-11(9-20)25-13-4-3-10-5-6-18(24)26-15(10)14(13)17(22)23/h3-4,11-12,19,24H,1-2,5-9H2,(H,22,23)/t12-/m1/s1. The number of carboxylic acids is 1. The van der Waals surface area contributed by atoms with Gasteiger partial charge in [-0.1, -0.05) is 6.07 Å². The van der Waals surface area contributed by atoms with E-state index in [1.165, 1.54) is 0 Å². The van der Waals surface area contributed by atoms with Crippen LogP contribution in [0.4, 0.5) is 0 Å². The maximum absolute atomic E-state index is 12.3. The second-order valence-corrected chi connectivity index (χ2v) is 6.98. The largest absolute Gasteiger partial charge is 0.535 e. The van der Waals surface area contributed by atoms with E-state index in [1.54, 1.807) is 17.0 Å². The van der Waals surface area contributed by atoms with E-state index >= 15 is 0 Å². The number of hydrogen-bond donors (Lipinski definition) is 3. The molecular formula is C17H21BN2O6. The van der Waals surface area contributed by atoms with E-state index < -0.39 is 13.1 Å². The van der Waals surface area contributed by atoms with Crippen LogP contribution in [-0.2, 0) is 11.2 Å². The molecule has 0 radical (unpaired) electrons. The molecule has 2 saturated heterocycles. The molecule has 1 aromatic rings. The van der Waals surface area contributed by atoms with E-state index in [4.69, 9.17) is 9.39 Å². The monoisotopic (exact) mass is 360 g/mol. The summed E-state index contributed by atoms with van der Waals surface area (Å²) in [6.45, 7) is 1.75. The van der Waals surface area contributed by atoms with Crippen molar-refractivity contribution in [2.24, 2.45) is 0 Å². The molecular weight excluding hydrogens is 339 g/mol. The number of hydrogen-bond acceptors (Lipinski definition) is 6. The molecule has 3 heterocycles. The van der Waals surface area contributed by atoms with Crippen molar-refractivity contribution in [1.29, 1.82) is 0 Å². The number of aromatic carboxylic acids is 1. The van der Waals surface area contributed by atoms with Gasteiger partial charge in [-0.05, 0) is 43.8 Å². The SMILES string of the molecule is O=C(O)c1c(OC2CN(C(=O)[C@H]3CCCN3)C2)ccc2c1OB(O)CC2. The van der Waals surface area contributed by atoms with Crippen molar-refractivity contribution < 1.29 is 29.1 Å². The average molecular weight is 360 g/mol. The first-order chi connectivity index (χ1) is 12.5. The Kier molecular flexibility index (Phi) is 4.50. The van der Waals surface area contributed by atoms with Crippen molar-refractivity contribution in [2.45, 2.75) is 37.7 Å². The van der Waals surface area contributed by atoms with Gasteiger partial charge in [0.2, 0.25) is 5.91 Å². The van der Waals surface area contributed by atoms with Crippen LogP contribution in [0.25, 0.3) is 0 Å². The van der Waals surface area contributed by atoms with Crippen molar-refractivity contribution in [1.82, 2.24) is 10.2 Å². The Morgan fingerprint density at radius 3 is 2.85 bits per heavy atom. The van der Waals surface area contributed by atoms with Gasteiger partial charge in [-0.3, -0.25) is 4.79 Å². The molecule has 0 unspecified atom stereocenters. The van der Waals surface area contributed by atoms with Crippen molar-refractivity contribution in [2.75, 3.05) is 19.6 Å². The highest BCUT2D eigenvalue weighted by atomic mass is 16.5. The first-order valence-corrected chi connectivity index (χ1v) is 8.95. The van der Waals surface area contributed by atoms with Gasteiger partial charge in [0.25, 0.3) is 0 Å². The number of fused-ring (bicyclic) bond motifs is 1. The number of carbonyl (C=O) groups excluding carboxylic acids is 1. The minimum absolute atomic E-state index is 0.0662. The van der Waals surface area contributed by atoms with Gasteiger partial charge in [-0.25, -0.2) is 4.79 Å². The lowest BCUT2D eigenvalue weighted by molar-refractivity contribution is -0.141. The van der Waals surface area contributed by atoms with Crippen LogP contribution in [0.5, 0.6) is 11.5 Å². The Morgan fingerprint density at radius 1 is 1.35 bits per heavy atom. The molecule has 0 bridgehead atoms. The molecule has 0 spiro atoms. The number of ether oxygens (including phenoxy) is 1. The van der Waals surface area contributed by atoms with Crippen molar-refractivity contribution >= 4 is 19.0 Å². The van der Waals surface area contributed by atoms with Crippen molar-refractivity contribution in [3.05, 3.63) is 23.3 Å². The molecule has 2 fully saturated rings. The van der Waals surface area contributed by atoms with Crippen LogP contribution in [0, 0.1) is 0 Å². The molecule has 3 N–H and O–H groups in total. The normalized spacial score (nSPS) is 22.4. The average Bonchev–Trinajstić information content (AvgIpc) is 3.10. The highest BCUT2D eigenvalue weighted by molar-refractivity contribution is 6.44. The number of carbonyl (C=O) groups is 2. The maximum Gasteiger partial charge on any atom is 0.522 e. The van der Waals surface area contributed by atoms with Crippen LogP contribution < -0.4 is 14.7 Å². The molecule has 3 aliphatic rings. The summed E-state index contributed by atoms with van der Waals surface area (Å²) in [5.41, 5.74) is 0.682. The van der Waals surface area contributed by atoms with Crippen LogP contribution >= 0.6 is 0 Å². The van der Waals surface area contributed by atoms with Crippen LogP contribution in [-0.4, -0.2) is 65.8 Å². The number of nitrogens with one attached hydrogen (secondary N) is 1. The predicted octanol–water partition coefficient (Wildman–Crippen LogP) is 0.142. The van der Waals surface area contributed by atoms with Gasteiger partial charge < -0.3 is 29.7 Å². The number of carboxylic acid groups (broad SMARTS) is 1. The number of amides is 1. The molecule has 26 heavy (non-hydrogen) atoms. The highest BCUT2D eigenvalue weighted by Crippen LogP contribution is 2.37. The van der Waals surface area contributed by atoms with Gasteiger partial charge in [-0.2, -0.15) is 0 Å². The second-order valence-electron chi connectivity index (χ2n) is 6.98. The third-order valence-corrected chi connectivity index (χ3v) is 5.14. The van der Waals surface area contributed by atoms with Gasteiger partial charge >= 0.3 is 13.1 Å². The summed E-state index contributed by atoms with van der Waals surface area (Å²) in [6, 6.07) is 3.29. The highest BCUT2D eigenvalue weighted by Gasteiger charge is 2.38. The lowest BCUT2D eigenvalue weighted by atomic mass is 9.78. The summed E-state index contributed by atoms with van der Waals surface area (Å²) >= 11 is 0. The molecule has 0 aromatic heterocycles. The molecule has 1 atom stereocenters. The summed E-state index contributed by atoms with van der Waals surface area (Å²) in [5.74, 6) is -0.691. The lowest BCUT2D eigenvalue weighted by Crippen LogP contribution is -2.59. The minimum Gasteiger partial charge on any atom is -0.535 e. The van der Waals surface area contributed by atoms with Gasteiger partial charge in [0, 0.05) is 0 Å². The van der Waals surface area contributed by atoms with E-state index in [-0.39, 0.29) is 35.1 Å². The number of aryl methyl sites for hydroxylation is 1. The first kappa shape index (κ1) is 17.2. The molecule has 9 heteroatoms. The molecule has 1 amide bonds. The number of rotatable bonds is 4.